The van der Waals surface area contributed by atoms with E-state index in [1.54, 1.807) is 18.7 Å². The van der Waals surface area contributed by atoms with E-state index in [0.717, 1.165) is 6.42 Å². The number of thioether (sulfide) groups is 1. The van der Waals surface area contributed by atoms with E-state index >= 15 is 0 Å². The lowest BCUT2D eigenvalue weighted by Gasteiger charge is -2.23. The molecule has 0 amide bonds. The van der Waals surface area contributed by atoms with Gasteiger partial charge in [-0.3, -0.25) is 0 Å². The highest BCUT2D eigenvalue weighted by atomic mass is 32.3. The quantitative estimate of drug-likeness (QED) is 0.563. The third kappa shape index (κ3) is 1.66. The molecular formula is C6H12O2S2. The molecule has 0 N–H and O–H groups in total. The minimum absolute atomic E-state index is 0.122. The predicted molar refractivity (Wildman–Crippen MR) is 44.9 cm³/mol. The molecule has 2 atom stereocenters. The van der Waals surface area contributed by atoms with E-state index in [4.69, 9.17) is 0 Å². The Balaban J connectivity index is 2.70. The summed E-state index contributed by atoms with van der Waals surface area (Å²) in [6.45, 7) is 3.88. The zero-order valence-electron chi connectivity index (χ0n) is 6.20. The normalized spacial score (nSPS) is 39.4. The van der Waals surface area contributed by atoms with Gasteiger partial charge in [0, 0.05) is 5.25 Å². The van der Waals surface area contributed by atoms with Gasteiger partial charge < -0.3 is 0 Å². The minimum atomic E-state index is -2.73. The maximum Gasteiger partial charge on any atom is 0.162 e. The van der Waals surface area contributed by atoms with Gasteiger partial charge in [-0.1, -0.05) is 6.92 Å². The maximum atomic E-state index is 11.1. The van der Waals surface area contributed by atoms with Gasteiger partial charge >= 0.3 is 0 Å². The van der Waals surface area contributed by atoms with Gasteiger partial charge in [-0.25, -0.2) is 8.42 Å². The van der Waals surface area contributed by atoms with Gasteiger partial charge in [-0.2, -0.15) is 0 Å². The molecule has 0 bridgehead atoms. The van der Waals surface area contributed by atoms with E-state index in [1.165, 1.54) is 0 Å². The van der Waals surface area contributed by atoms with Crippen molar-refractivity contribution in [1.29, 1.82) is 0 Å². The van der Waals surface area contributed by atoms with Crippen molar-refractivity contribution in [2.75, 3.05) is 5.08 Å². The Kier molecular flexibility index (Phi) is 2.30. The molecule has 0 saturated carbocycles. The fraction of sp³-hybridized carbons (Fsp3) is 1.00. The molecule has 0 unspecified atom stereocenters. The Morgan fingerprint density at radius 2 is 2.00 bits per heavy atom. The first-order valence-electron chi connectivity index (χ1n) is 3.35. The summed E-state index contributed by atoms with van der Waals surface area (Å²) in [5.41, 5.74) is 0. The van der Waals surface area contributed by atoms with E-state index in [2.05, 4.69) is 6.92 Å². The van der Waals surface area contributed by atoms with Gasteiger partial charge in [0.25, 0.3) is 0 Å². The molecule has 0 radical (unpaired) electrons. The number of sulfone groups is 1. The summed E-state index contributed by atoms with van der Waals surface area (Å²) >= 11 is 1.54. The first kappa shape index (κ1) is 8.40. The van der Waals surface area contributed by atoms with Crippen LogP contribution in [0.25, 0.3) is 0 Å². The summed E-state index contributed by atoms with van der Waals surface area (Å²) in [5.74, 6) is 0. The molecule has 1 aliphatic rings. The van der Waals surface area contributed by atoms with Crippen LogP contribution >= 0.6 is 11.8 Å². The first-order valence-corrected chi connectivity index (χ1v) is 6.12. The summed E-state index contributed by atoms with van der Waals surface area (Å²) in [4.78, 5) is 0. The third-order valence-corrected chi connectivity index (χ3v) is 5.83. The summed E-state index contributed by atoms with van der Waals surface area (Å²) in [5, 5.41) is 0.706. The van der Waals surface area contributed by atoms with Crippen molar-refractivity contribution in [3.63, 3.8) is 0 Å². The van der Waals surface area contributed by atoms with Crippen molar-refractivity contribution in [2.24, 2.45) is 0 Å². The molecule has 1 saturated heterocycles. The highest BCUT2D eigenvalue weighted by molar-refractivity contribution is 8.13. The summed E-state index contributed by atoms with van der Waals surface area (Å²) in [6, 6.07) is 0. The second-order valence-electron chi connectivity index (χ2n) is 2.80. The highest BCUT2D eigenvalue weighted by Gasteiger charge is 2.28. The Hall–Kier alpha value is 0.300. The minimum Gasteiger partial charge on any atom is -0.228 e. The van der Waals surface area contributed by atoms with Crippen LogP contribution < -0.4 is 0 Å². The number of rotatable bonds is 0. The fourth-order valence-corrected chi connectivity index (χ4v) is 4.75. The molecule has 2 nitrogen and oxygen atoms in total. The lowest BCUT2D eigenvalue weighted by Crippen LogP contribution is -2.28. The van der Waals surface area contributed by atoms with Crippen LogP contribution in [0.15, 0.2) is 0 Å². The molecule has 0 spiro atoms. The smallest absolute Gasteiger partial charge is 0.162 e. The molecular weight excluding hydrogens is 168 g/mol. The second-order valence-corrected chi connectivity index (χ2v) is 7.02. The van der Waals surface area contributed by atoms with E-state index in [1.807, 2.05) is 0 Å². The topological polar surface area (TPSA) is 34.1 Å². The number of hydrogen-bond acceptors (Lipinski definition) is 3. The van der Waals surface area contributed by atoms with Crippen LogP contribution in [0, 0.1) is 0 Å². The summed E-state index contributed by atoms with van der Waals surface area (Å²) in [6.07, 6.45) is 0.813. The van der Waals surface area contributed by atoms with Crippen LogP contribution in [0.4, 0.5) is 0 Å². The molecule has 0 aromatic rings. The SMILES string of the molecule is C[C@@H]1C[C@H](C)S(=O)(=O)CS1. The Labute approximate surface area is 66.3 Å². The van der Waals surface area contributed by atoms with Gasteiger partial charge in [0.1, 0.15) is 0 Å². The summed E-state index contributed by atoms with van der Waals surface area (Å²) < 4.78 is 22.2. The van der Waals surface area contributed by atoms with E-state index < -0.39 is 9.84 Å². The summed E-state index contributed by atoms with van der Waals surface area (Å²) in [7, 11) is -2.73. The molecule has 60 valence electrons. The largest absolute Gasteiger partial charge is 0.228 e. The predicted octanol–water partition coefficient (Wildman–Crippen LogP) is 1.27. The zero-order valence-corrected chi connectivity index (χ0v) is 7.83. The first-order chi connectivity index (χ1) is 4.52. The number of hydrogen-bond donors (Lipinski definition) is 0. The van der Waals surface area contributed by atoms with Crippen molar-refractivity contribution < 1.29 is 8.42 Å². The van der Waals surface area contributed by atoms with Gasteiger partial charge in [0.2, 0.25) is 0 Å². The molecule has 0 aromatic carbocycles. The maximum absolute atomic E-state index is 11.1. The van der Waals surface area contributed by atoms with Gasteiger partial charge in [0.05, 0.1) is 10.3 Å². The lowest BCUT2D eigenvalue weighted by atomic mass is 10.3. The van der Waals surface area contributed by atoms with Crippen LogP contribution in [0.2, 0.25) is 0 Å². The molecule has 1 aliphatic heterocycles. The lowest BCUT2D eigenvalue weighted by molar-refractivity contribution is 0.579. The van der Waals surface area contributed by atoms with E-state index in [0.29, 0.717) is 10.3 Å². The van der Waals surface area contributed by atoms with Gasteiger partial charge in [-0.05, 0) is 13.3 Å². The van der Waals surface area contributed by atoms with E-state index in [9.17, 15) is 8.42 Å². The van der Waals surface area contributed by atoms with Crippen LogP contribution in [0.3, 0.4) is 0 Å². The van der Waals surface area contributed by atoms with Crippen LogP contribution in [0.1, 0.15) is 20.3 Å². The molecule has 1 fully saturated rings. The van der Waals surface area contributed by atoms with E-state index in [-0.39, 0.29) is 5.25 Å². The Morgan fingerprint density at radius 1 is 1.40 bits per heavy atom. The molecule has 4 heteroatoms. The Morgan fingerprint density at radius 3 is 2.40 bits per heavy atom. The third-order valence-electron chi connectivity index (χ3n) is 1.79. The highest BCUT2D eigenvalue weighted by Crippen LogP contribution is 2.28. The Bertz CT molecular complexity index is 208. The zero-order chi connectivity index (χ0) is 7.78. The molecule has 1 rings (SSSR count). The van der Waals surface area contributed by atoms with Crippen molar-refractivity contribution in [3.05, 3.63) is 0 Å². The van der Waals surface area contributed by atoms with Crippen LogP contribution in [-0.2, 0) is 9.84 Å². The van der Waals surface area contributed by atoms with Crippen LogP contribution in [-0.4, -0.2) is 24.0 Å². The average molecular weight is 180 g/mol. The van der Waals surface area contributed by atoms with Gasteiger partial charge in [0.15, 0.2) is 9.84 Å². The van der Waals surface area contributed by atoms with Crippen molar-refractivity contribution in [1.82, 2.24) is 0 Å². The second kappa shape index (κ2) is 2.74. The van der Waals surface area contributed by atoms with Crippen molar-refractivity contribution >= 4 is 21.6 Å². The molecule has 0 aromatic heterocycles. The van der Waals surface area contributed by atoms with Crippen molar-refractivity contribution in [3.8, 4) is 0 Å². The molecule has 0 aliphatic carbocycles. The monoisotopic (exact) mass is 180 g/mol. The fourth-order valence-electron chi connectivity index (χ4n) is 1.01. The van der Waals surface area contributed by atoms with Crippen LogP contribution in [0.5, 0.6) is 0 Å². The standard InChI is InChI=1S/C6H12O2S2/c1-5-3-6(2)10(7,8)4-9-5/h5-6H,3-4H2,1-2H3/t5-,6+/m1/s1. The average Bonchev–Trinajstić information content (AvgIpc) is 1.81. The molecule has 10 heavy (non-hydrogen) atoms. The molecule has 1 heterocycles. The van der Waals surface area contributed by atoms with Crippen molar-refractivity contribution in [2.45, 2.75) is 30.8 Å². The van der Waals surface area contributed by atoms with Gasteiger partial charge in [-0.15, -0.1) is 11.8 Å².